The summed E-state index contributed by atoms with van der Waals surface area (Å²) in [4.78, 5) is 0. The third kappa shape index (κ3) is 17.9. The van der Waals surface area contributed by atoms with Crippen LogP contribution < -0.4 is 17.0 Å². The lowest BCUT2D eigenvalue weighted by Crippen LogP contribution is -3.00. The first kappa shape index (κ1) is 17.4. The highest BCUT2D eigenvalue weighted by Crippen LogP contribution is 1.98. The van der Waals surface area contributed by atoms with Gasteiger partial charge in [-0.05, 0) is 12.8 Å². The molecule has 0 aliphatic heterocycles. The maximum Gasteiger partial charge on any atom is 0.108 e. The van der Waals surface area contributed by atoms with E-state index in [0.717, 1.165) is 13.0 Å². The molecule has 0 saturated carbocycles. The van der Waals surface area contributed by atoms with E-state index < -0.39 is 0 Å². The van der Waals surface area contributed by atoms with Crippen molar-refractivity contribution in [1.82, 2.24) is 0 Å². The topological polar surface area (TPSA) is 51.7 Å². The van der Waals surface area contributed by atoms with Crippen LogP contribution in [0.4, 0.5) is 0 Å². The molecule has 0 aromatic heterocycles. The average molecular weight is 230 g/mol. The Morgan fingerprint density at radius 2 is 1.64 bits per heavy atom. The summed E-state index contributed by atoms with van der Waals surface area (Å²) in [6, 6.07) is 0. The monoisotopic (exact) mass is 229 g/mol. The summed E-state index contributed by atoms with van der Waals surface area (Å²) < 4.78 is 0.111. The van der Waals surface area contributed by atoms with Crippen LogP contribution in [0.15, 0.2) is 0 Å². The zero-order chi connectivity index (χ0) is 7.33. The lowest BCUT2D eigenvalue weighted by atomic mass is 10.2. The van der Waals surface area contributed by atoms with E-state index in [-0.39, 0.29) is 27.1 Å². The fourth-order valence-electron chi connectivity index (χ4n) is 0.749. The van der Waals surface area contributed by atoms with Gasteiger partial charge >= 0.3 is 0 Å². The van der Waals surface area contributed by atoms with E-state index in [0.29, 0.717) is 0 Å². The second-order valence-electron chi connectivity index (χ2n) is 3.05. The van der Waals surface area contributed by atoms with E-state index in [1.54, 1.807) is 14.1 Å². The lowest BCUT2D eigenvalue weighted by molar-refractivity contribution is -1.07. The largest absolute Gasteiger partial charge is 1.00 e. The third-order valence-corrected chi connectivity index (χ3v) is 1.31. The van der Waals surface area contributed by atoms with Crippen LogP contribution in [0.5, 0.6) is 0 Å². The molecular formula is C7H20BrNO2. The van der Waals surface area contributed by atoms with Crippen molar-refractivity contribution in [3.63, 3.8) is 0 Å². The predicted molar refractivity (Wildman–Crippen MR) is 41.9 cm³/mol. The molecule has 3 nitrogen and oxygen atoms in total. The molecule has 0 heterocycles. The number of hydrogen-bond acceptors (Lipinski definition) is 1. The number of halogens is 1. The number of rotatable bonds is 4. The van der Waals surface area contributed by atoms with Crippen molar-refractivity contribution in [1.29, 1.82) is 0 Å². The van der Waals surface area contributed by atoms with Gasteiger partial charge < -0.3 is 22.5 Å². The molecule has 11 heavy (non-hydrogen) atoms. The first-order chi connectivity index (χ1) is 4.06. The molecule has 72 valence electrons. The van der Waals surface area contributed by atoms with Crippen molar-refractivity contribution in [2.75, 3.05) is 20.6 Å². The van der Waals surface area contributed by atoms with Gasteiger partial charge in [-0.3, -0.25) is 0 Å². The molecule has 0 spiro atoms. The zero-order valence-electron chi connectivity index (χ0n) is 7.60. The Morgan fingerprint density at radius 1 is 1.18 bits per heavy atom. The molecule has 0 aromatic carbocycles. The van der Waals surface area contributed by atoms with Crippen molar-refractivity contribution in [3.05, 3.63) is 0 Å². The summed E-state index contributed by atoms with van der Waals surface area (Å²) in [5, 5.41) is 9.18. The van der Waals surface area contributed by atoms with Gasteiger partial charge in [-0.1, -0.05) is 13.3 Å². The Balaban J connectivity index is -0.000000320. The van der Waals surface area contributed by atoms with Crippen LogP contribution in [0, 0.1) is 0 Å². The molecule has 3 N–H and O–H groups in total. The summed E-state index contributed by atoms with van der Waals surface area (Å²) in [6.07, 6.45) is 3.57. The van der Waals surface area contributed by atoms with E-state index in [2.05, 4.69) is 6.92 Å². The fraction of sp³-hybridized carbons (Fsp3) is 1.00. The smallest absolute Gasteiger partial charge is 0.108 e. The molecule has 0 unspecified atom stereocenters. The maximum absolute atomic E-state index is 9.18. The van der Waals surface area contributed by atoms with Crippen LogP contribution in [0.1, 0.15) is 26.2 Å². The predicted octanol–water partition coefficient (Wildman–Crippen LogP) is -2.18. The standard InChI is InChI=1S/C7H18NO.BrH.H2O/c1-4-5-6-7-8(2,3)9;;/h9H,4-7H2,1-3H3;1H;1H2/q+1;;/p-1. The van der Waals surface area contributed by atoms with Crippen LogP contribution in [0.3, 0.4) is 0 Å². The van der Waals surface area contributed by atoms with Gasteiger partial charge in [0.25, 0.3) is 0 Å². The lowest BCUT2D eigenvalue weighted by Gasteiger charge is -2.18. The number of quaternary nitrogens is 1. The van der Waals surface area contributed by atoms with E-state index in [9.17, 15) is 5.21 Å². The van der Waals surface area contributed by atoms with Crippen LogP contribution in [-0.2, 0) is 0 Å². The molecule has 0 aliphatic carbocycles. The first-order valence-corrected chi connectivity index (χ1v) is 3.62. The second kappa shape index (κ2) is 8.46. The molecule has 0 saturated heterocycles. The summed E-state index contributed by atoms with van der Waals surface area (Å²) in [5.74, 6) is 0. The van der Waals surface area contributed by atoms with Gasteiger partial charge in [0.2, 0.25) is 0 Å². The number of nitrogens with zero attached hydrogens (tertiary/aromatic N) is 1. The van der Waals surface area contributed by atoms with Crippen molar-refractivity contribution in [3.8, 4) is 0 Å². The Hall–Kier alpha value is 0.360. The molecule has 0 fully saturated rings. The van der Waals surface area contributed by atoms with Crippen LogP contribution in [0.2, 0.25) is 0 Å². The average Bonchev–Trinajstić information content (AvgIpc) is 1.63. The van der Waals surface area contributed by atoms with Crippen LogP contribution in [0.25, 0.3) is 0 Å². The zero-order valence-corrected chi connectivity index (χ0v) is 9.19. The van der Waals surface area contributed by atoms with Crippen LogP contribution >= 0.6 is 0 Å². The number of unbranched alkanes of at least 4 members (excludes halogenated alkanes) is 2. The number of hydrogen-bond donors (Lipinski definition) is 1. The maximum atomic E-state index is 9.18. The SMILES string of the molecule is CCCCC[N+](C)(C)O.O.[Br-]. The molecule has 0 radical (unpaired) electrons. The van der Waals surface area contributed by atoms with Gasteiger partial charge in [0, 0.05) is 0 Å². The Morgan fingerprint density at radius 3 is 1.91 bits per heavy atom. The van der Waals surface area contributed by atoms with Crippen LogP contribution in [-0.4, -0.2) is 36.0 Å². The minimum absolute atomic E-state index is 0. The highest BCUT2D eigenvalue weighted by molar-refractivity contribution is 4.33. The van der Waals surface area contributed by atoms with Gasteiger partial charge in [0.15, 0.2) is 0 Å². The first-order valence-electron chi connectivity index (χ1n) is 3.62. The summed E-state index contributed by atoms with van der Waals surface area (Å²) in [7, 11) is 3.60. The van der Waals surface area contributed by atoms with E-state index in [1.165, 1.54) is 12.8 Å². The second-order valence-corrected chi connectivity index (χ2v) is 3.05. The highest BCUT2D eigenvalue weighted by atomic mass is 79.9. The number of hydroxylamine groups is 3. The summed E-state index contributed by atoms with van der Waals surface area (Å²) in [6.45, 7) is 3.03. The van der Waals surface area contributed by atoms with E-state index in [1.807, 2.05) is 0 Å². The van der Waals surface area contributed by atoms with Gasteiger partial charge in [-0.2, -0.15) is 4.65 Å². The molecule has 0 aliphatic rings. The van der Waals surface area contributed by atoms with Gasteiger partial charge in [0.05, 0.1) is 14.1 Å². The Bertz CT molecular complexity index is 73.3. The van der Waals surface area contributed by atoms with Gasteiger partial charge in [-0.25, -0.2) is 5.21 Å². The Kier molecular flexibility index (Phi) is 13.4. The minimum Gasteiger partial charge on any atom is -1.00 e. The van der Waals surface area contributed by atoms with Crippen molar-refractivity contribution >= 4 is 0 Å². The molecule has 0 atom stereocenters. The van der Waals surface area contributed by atoms with Gasteiger partial charge in [0.1, 0.15) is 6.54 Å². The molecule has 0 rings (SSSR count). The van der Waals surface area contributed by atoms with Crippen molar-refractivity contribution in [2.45, 2.75) is 26.2 Å². The molecular weight excluding hydrogens is 210 g/mol. The minimum atomic E-state index is 0. The highest BCUT2D eigenvalue weighted by Gasteiger charge is 2.07. The van der Waals surface area contributed by atoms with Crippen molar-refractivity contribution in [2.24, 2.45) is 0 Å². The van der Waals surface area contributed by atoms with E-state index >= 15 is 0 Å². The molecule has 0 aromatic rings. The normalized spacial score (nSPS) is 9.82. The quantitative estimate of drug-likeness (QED) is 0.333. The fourth-order valence-corrected chi connectivity index (χ4v) is 0.749. The summed E-state index contributed by atoms with van der Waals surface area (Å²) >= 11 is 0. The van der Waals surface area contributed by atoms with E-state index in [4.69, 9.17) is 0 Å². The molecule has 0 bridgehead atoms. The van der Waals surface area contributed by atoms with Gasteiger partial charge in [-0.15, -0.1) is 0 Å². The molecule has 0 amide bonds. The third-order valence-electron chi connectivity index (χ3n) is 1.31. The Labute approximate surface area is 79.6 Å². The van der Waals surface area contributed by atoms with Crippen molar-refractivity contribution < 1.29 is 32.3 Å². The molecule has 4 heteroatoms. The summed E-state index contributed by atoms with van der Waals surface area (Å²) in [5.41, 5.74) is 0.